The van der Waals surface area contributed by atoms with Gasteiger partial charge in [0.2, 0.25) is 0 Å². The molecule has 1 aromatic heterocycles. The van der Waals surface area contributed by atoms with Gasteiger partial charge in [-0.25, -0.2) is 0 Å². The van der Waals surface area contributed by atoms with Gasteiger partial charge in [0.05, 0.1) is 11.7 Å². The number of phenolic OH excluding ortho intramolecular Hbond substituents is 1. The molecule has 102 valence electrons. The third-order valence-electron chi connectivity index (χ3n) is 3.22. The van der Waals surface area contributed by atoms with Crippen molar-refractivity contribution in [2.45, 2.75) is 39.3 Å². The summed E-state index contributed by atoms with van der Waals surface area (Å²) < 4.78 is 7.55. The summed E-state index contributed by atoms with van der Waals surface area (Å²) in [6, 6.07) is 9.35. The highest BCUT2D eigenvalue weighted by Crippen LogP contribution is 2.25. The van der Waals surface area contributed by atoms with Crippen molar-refractivity contribution in [3.05, 3.63) is 42.2 Å². The van der Waals surface area contributed by atoms with Crippen molar-refractivity contribution in [3.8, 4) is 11.5 Å². The molecule has 1 N–H and O–H groups in total. The molecule has 2 aromatic rings. The molecule has 4 heteroatoms. The molecule has 2 rings (SSSR count). The van der Waals surface area contributed by atoms with Crippen LogP contribution in [0.4, 0.5) is 0 Å². The minimum atomic E-state index is 0.155. The first-order valence-corrected chi connectivity index (χ1v) is 6.69. The van der Waals surface area contributed by atoms with Crippen LogP contribution in [0.1, 0.15) is 38.4 Å². The molecule has 0 bridgehead atoms. The third-order valence-corrected chi connectivity index (χ3v) is 3.22. The van der Waals surface area contributed by atoms with Gasteiger partial charge in [0.25, 0.3) is 0 Å². The molecule has 0 unspecified atom stereocenters. The maximum Gasteiger partial charge on any atom is 0.161 e. The minimum Gasteiger partial charge on any atom is -0.504 e. The Bertz CT molecular complexity index is 518. The first-order chi connectivity index (χ1) is 9.24. The standard InChI is InChI=1S/C15H20N2O2/c1-3-13(4-2)17-10-9-12(16-17)11-19-15-8-6-5-7-14(15)18/h5-10,13,18H,3-4,11H2,1-2H3. The summed E-state index contributed by atoms with van der Waals surface area (Å²) >= 11 is 0. The number of aromatic nitrogens is 2. The normalized spacial score (nSPS) is 10.9. The molecule has 0 aliphatic heterocycles. The van der Waals surface area contributed by atoms with Gasteiger partial charge in [0.1, 0.15) is 6.61 Å². The number of aromatic hydroxyl groups is 1. The number of rotatable bonds is 6. The van der Waals surface area contributed by atoms with Crippen LogP contribution in [-0.2, 0) is 6.61 Å². The largest absolute Gasteiger partial charge is 0.504 e. The Morgan fingerprint density at radius 2 is 1.95 bits per heavy atom. The Hall–Kier alpha value is -1.97. The topological polar surface area (TPSA) is 47.3 Å². The highest BCUT2D eigenvalue weighted by Gasteiger charge is 2.08. The van der Waals surface area contributed by atoms with Gasteiger partial charge in [-0.1, -0.05) is 26.0 Å². The quantitative estimate of drug-likeness (QED) is 0.864. The molecule has 0 atom stereocenters. The van der Waals surface area contributed by atoms with Crippen LogP contribution in [0.25, 0.3) is 0 Å². The van der Waals surface area contributed by atoms with E-state index in [1.165, 1.54) is 0 Å². The van der Waals surface area contributed by atoms with E-state index in [0.717, 1.165) is 18.5 Å². The molecule has 19 heavy (non-hydrogen) atoms. The van der Waals surface area contributed by atoms with Gasteiger partial charge in [-0.3, -0.25) is 4.68 Å². The predicted molar refractivity (Wildman–Crippen MR) is 74.3 cm³/mol. The van der Waals surface area contributed by atoms with Crippen LogP contribution in [0.2, 0.25) is 0 Å². The molecule has 1 heterocycles. The fourth-order valence-electron chi connectivity index (χ4n) is 2.05. The van der Waals surface area contributed by atoms with E-state index < -0.39 is 0 Å². The maximum atomic E-state index is 9.61. The zero-order chi connectivity index (χ0) is 13.7. The van der Waals surface area contributed by atoms with Crippen LogP contribution >= 0.6 is 0 Å². The van der Waals surface area contributed by atoms with Crippen LogP contribution in [0.3, 0.4) is 0 Å². The Labute approximate surface area is 113 Å². The number of phenols is 1. The Morgan fingerprint density at radius 3 is 2.63 bits per heavy atom. The van der Waals surface area contributed by atoms with Gasteiger partial charge in [0, 0.05) is 6.20 Å². The van der Waals surface area contributed by atoms with Crippen molar-refractivity contribution in [2.24, 2.45) is 0 Å². The van der Waals surface area contributed by atoms with Gasteiger partial charge in [-0.05, 0) is 31.0 Å². The smallest absolute Gasteiger partial charge is 0.161 e. The fraction of sp³-hybridized carbons (Fsp3) is 0.400. The highest BCUT2D eigenvalue weighted by atomic mass is 16.5. The number of nitrogens with zero attached hydrogens (tertiary/aromatic N) is 2. The van der Waals surface area contributed by atoms with Crippen molar-refractivity contribution in [3.63, 3.8) is 0 Å². The number of benzene rings is 1. The van der Waals surface area contributed by atoms with Crippen molar-refractivity contribution < 1.29 is 9.84 Å². The molecule has 0 saturated heterocycles. The van der Waals surface area contributed by atoms with E-state index in [1.54, 1.807) is 18.2 Å². The summed E-state index contributed by atoms with van der Waals surface area (Å²) in [5.41, 5.74) is 0.871. The second-order valence-electron chi connectivity index (χ2n) is 4.51. The summed E-state index contributed by atoms with van der Waals surface area (Å²) in [4.78, 5) is 0. The first-order valence-electron chi connectivity index (χ1n) is 6.69. The van der Waals surface area contributed by atoms with Crippen molar-refractivity contribution in [1.29, 1.82) is 0 Å². The summed E-state index contributed by atoms with van der Waals surface area (Å²) in [5.74, 6) is 0.640. The van der Waals surface area contributed by atoms with Crippen LogP contribution in [-0.4, -0.2) is 14.9 Å². The molecular formula is C15H20N2O2. The Balaban J connectivity index is 1.99. The maximum absolute atomic E-state index is 9.61. The summed E-state index contributed by atoms with van der Waals surface area (Å²) in [6.07, 6.45) is 4.12. The van der Waals surface area contributed by atoms with E-state index in [0.29, 0.717) is 18.4 Å². The van der Waals surface area contributed by atoms with Crippen molar-refractivity contribution >= 4 is 0 Å². The average molecular weight is 260 g/mol. The number of ether oxygens (including phenoxy) is 1. The molecule has 0 radical (unpaired) electrons. The van der Waals surface area contributed by atoms with Crippen LogP contribution < -0.4 is 4.74 Å². The minimum absolute atomic E-state index is 0.155. The zero-order valence-electron chi connectivity index (χ0n) is 11.4. The lowest BCUT2D eigenvalue weighted by atomic mass is 10.2. The second kappa shape index (κ2) is 6.27. The third kappa shape index (κ3) is 3.28. The summed E-state index contributed by atoms with van der Waals surface area (Å²) in [5, 5.41) is 14.1. The molecule has 0 amide bonds. The van der Waals surface area contributed by atoms with E-state index in [4.69, 9.17) is 4.74 Å². The lowest BCUT2D eigenvalue weighted by molar-refractivity contribution is 0.282. The van der Waals surface area contributed by atoms with E-state index in [1.807, 2.05) is 23.0 Å². The van der Waals surface area contributed by atoms with Gasteiger partial charge in [-0.15, -0.1) is 0 Å². The number of hydrogen-bond donors (Lipinski definition) is 1. The molecule has 0 fully saturated rings. The van der Waals surface area contributed by atoms with Crippen molar-refractivity contribution in [1.82, 2.24) is 9.78 Å². The fourth-order valence-corrected chi connectivity index (χ4v) is 2.05. The molecule has 1 aromatic carbocycles. The van der Waals surface area contributed by atoms with Gasteiger partial charge < -0.3 is 9.84 Å². The lowest BCUT2D eigenvalue weighted by Gasteiger charge is -2.12. The van der Waals surface area contributed by atoms with Crippen molar-refractivity contribution in [2.75, 3.05) is 0 Å². The first kappa shape index (κ1) is 13.5. The second-order valence-corrected chi connectivity index (χ2v) is 4.51. The number of para-hydroxylation sites is 2. The molecule has 0 aliphatic rings. The predicted octanol–water partition coefficient (Wildman–Crippen LogP) is 3.53. The van der Waals surface area contributed by atoms with Gasteiger partial charge >= 0.3 is 0 Å². The SMILES string of the molecule is CCC(CC)n1ccc(COc2ccccc2O)n1. The van der Waals surface area contributed by atoms with Gasteiger partial charge in [-0.2, -0.15) is 5.10 Å². The lowest BCUT2D eigenvalue weighted by Crippen LogP contribution is -2.08. The van der Waals surface area contributed by atoms with E-state index in [2.05, 4.69) is 18.9 Å². The Morgan fingerprint density at radius 1 is 1.21 bits per heavy atom. The average Bonchev–Trinajstić information content (AvgIpc) is 2.88. The van der Waals surface area contributed by atoms with Crippen LogP contribution in [0.15, 0.2) is 36.5 Å². The summed E-state index contributed by atoms with van der Waals surface area (Å²) in [6.45, 7) is 4.69. The van der Waals surface area contributed by atoms with Gasteiger partial charge in [0.15, 0.2) is 11.5 Å². The molecule has 0 saturated carbocycles. The Kier molecular flexibility index (Phi) is 4.44. The highest BCUT2D eigenvalue weighted by molar-refractivity contribution is 5.37. The van der Waals surface area contributed by atoms with Crippen LogP contribution in [0.5, 0.6) is 11.5 Å². The molecule has 0 spiro atoms. The van der Waals surface area contributed by atoms with Crippen LogP contribution in [0, 0.1) is 0 Å². The van der Waals surface area contributed by atoms with E-state index in [-0.39, 0.29) is 5.75 Å². The van der Waals surface area contributed by atoms with E-state index in [9.17, 15) is 5.11 Å². The van der Waals surface area contributed by atoms with E-state index >= 15 is 0 Å². The molecular weight excluding hydrogens is 240 g/mol. The molecule has 0 aliphatic carbocycles. The monoisotopic (exact) mass is 260 g/mol. The molecule has 4 nitrogen and oxygen atoms in total. The summed E-state index contributed by atoms with van der Waals surface area (Å²) in [7, 11) is 0. The zero-order valence-corrected chi connectivity index (χ0v) is 11.4. The number of hydrogen-bond acceptors (Lipinski definition) is 3.